The lowest BCUT2D eigenvalue weighted by Gasteiger charge is -2.21. The third-order valence-electron chi connectivity index (χ3n) is 6.36. The van der Waals surface area contributed by atoms with E-state index in [-0.39, 0.29) is 41.5 Å². The van der Waals surface area contributed by atoms with E-state index in [4.69, 9.17) is 14.2 Å². The van der Waals surface area contributed by atoms with Crippen LogP contribution in [-0.4, -0.2) is 48.9 Å². The molecule has 2 amide bonds. The Morgan fingerprint density at radius 3 is 2.02 bits per heavy atom. The minimum atomic E-state index is -0.710. The lowest BCUT2D eigenvalue weighted by Crippen LogP contribution is -2.30. The molecule has 1 aromatic heterocycles. The number of rotatable bonds is 10. The summed E-state index contributed by atoms with van der Waals surface area (Å²) in [5.74, 6) is 0.834. The Morgan fingerprint density at radius 1 is 0.900 bits per heavy atom. The van der Waals surface area contributed by atoms with Crippen LogP contribution in [0.3, 0.4) is 0 Å². The Morgan fingerprint density at radius 2 is 1.50 bits per heavy atom. The second-order valence-corrected chi connectivity index (χ2v) is 11.9. The molecule has 0 bridgehead atoms. The van der Waals surface area contributed by atoms with Crippen LogP contribution in [0.5, 0.6) is 17.2 Å². The van der Waals surface area contributed by atoms with Crippen molar-refractivity contribution in [2.75, 3.05) is 32.0 Å². The zero-order valence-corrected chi connectivity index (χ0v) is 24.9. The van der Waals surface area contributed by atoms with Gasteiger partial charge in [-0.05, 0) is 36.5 Å². The number of carbonyl (C=O) groups excluding carboxylic acids is 3. The molecule has 0 spiro atoms. The molecule has 1 aliphatic carbocycles. The fourth-order valence-electron chi connectivity index (χ4n) is 3.71. The van der Waals surface area contributed by atoms with Gasteiger partial charge >= 0.3 is 0 Å². The molecule has 2 N–H and O–H groups in total. The van der Waals surface area contributed by atoms with Gasteiger partial charge in [0.25, 0.3) is 0 Å². The van der Waals surface area contributed by atoms with Crippen LogP contribution in [0.1, 0.15) is 75.9 Å². The molecule has 1 saturated carbocycles. The van der Waals surface area contributed by atoms with Crippen LogP contribution >= 0.6 is 0 Å². The number of ether oxygens (including phenoxy) is 3. The van der Waals surface area contributed by atoms with E-state index >= 15 is 0 Å². The summed E-state index contributed by atoms with van der Waals surface area (Å²) in [6, 6.07) is 1.71. The summed E-state index contributed by atoms with van der Waals surface area (Å²) < 4.78 is 16.7. The van der Waals surface area contributed by atoms with Crippen molar-refractivity contribution >= 4 is 29.4 Å². The normalized spacial score (nSPS) is 13.6. The second-order valence-electron chi connectivity index (χ2n) is 11.9. The van der Waals surface area contributed by atoms with Crippen molar-refractivity contribution in [3.05, 3.63) is 41.1 Å². The van der Waals surface area contributed by atoms with Gasteiger partial charge in [0, 0.05) is 29.0 Å². The number of hydrogen-bond donors (Lipinski definition) is 2. The third kappa shape index (κ3) is 7.37. The van der Waals surface area contributed by atoms with E-state index in [1.807, 2.05) is 6.08 Å². The summed E-state index contributed by atoms with van der Waals surface area (Å²) in [7, 11) is 4.44. The first kappa shape index (κ1) is 30.6. The number of allylic oxidation sites excluding steroid dienone is 2. The van der Waals surface area contributed by atoms with E-state index in [0.717, 1.165) is 12.8 Å². The standard InChI is InChI=1S/C30H40N4O6/c1-29(2,3)26(36)32-25-19(16-31-28(33-25)34-27(37)30(4,5)6)14-18-15-21(38-7)23(39-8)24(40-9)22(18)20(35)13-12-17-10-11-17/h12-13,15-17H,10-11,14H2,1-9H3,(H2,31,32,33,34,36,37)/b13-12+. The van der Waals surface area contributed by atoms with E-state index in [9.17, 15) is 14.4 Å². The molecule has 0 aliphatic heterocycles. The Hall–Kier alpha value is -3.95. The summed E-state index contributed by atoms with van der Waals surface area (Å²) in [4.78, 5) is 47.8. The molecule has 1 fully saturated rings. The van der Waals surface area contributed by atoms with E-state index < -0.39 is 10.8 Å². The minimum Gasteiger partial charge on any atom is -0.493 e. The number of nitrogens with one attached hydrogen (secondary N) is 2. The molecule has 3 rings (SSSR count). The molecular weight excluding hydrogens is 512 g/mol. The van der Waals surface area contributed by atoms with Gasteiger partial charge < -0.3 is 19.5 Å². The summed E-state index contributed by atoms with van der Waals surface area (Å²) in [6.45, 7) is 10.7. The Labute approximate surface area is 235 Å². The summed E-state index contributed by atoms with van der Waals surface area (Å²) in [5.41, 5.74) is 0.0339. The van der Waals surface area contributed by atoms with Crippen molar-refractivity contribution in [1.82, 2.24) is 9.97 Å². The molecule has 1 aromatic carbocycles. The summed E-state index contributed by atoms with van der Waals surface area (Å²) in [5, 5.41) is 5.58. The van der Waals surface area contributed by atoms with Crippen LogP contribution < -0.4 is 24.8 Å². The monoisotopic (exact) mass is 552 g/mol. The number of carbonyl (C=O) groups is 3. The largest absolute Gasteiger partial charge is 0.493 e. The number of methoxy groups -OCH3 is 3. The van der Waals surface area contributed by atoms with Gasteiger partial charge in [-0.1, -0.05) is 47.6 Å². The van der Waals surface area contributed by atoms with Gasteiger partial charge in [-0.25, -0.2) is 4.98 Å². The van der Waals surface area contributed by atoms with E-state index in [1.54, 1.807) is 53.7 Å². The van der Waals surface area contributed by atoms with Crippen molar-refractivity contribution in [1.29, 1.82) is 0 Å². The highest BCUT2D eigenvalue weighted by Gasteiger charge is 2.28. The maximum absolute atomic E-state index is 13.5. The predicted molar refractivity (Wildman–Crippen MR) is 153 cm³/mol. The zero-order chi connectivity index (χ0) is 29.8. The molecule has 2 aromatic rings. The molecule has 10 heteroatoms. The maximum atomic E-state index is 13.5. The number of aromatic nitrogens is 2. The molecule has 0 radical (unpaired) electrons. The quantitative estimate of drug-likeness (QED) is 0.304. The lowest BCUT2D eigenvalue weighted by atomic mass is 9.94. The zero-order valence-electron chi connectivity index (χ0n) is 24.9. The fourth-order valence-corrected chi connectivity index (χ4v) is 3.71. The molecule has 1 aliphatic rings. The molecule has 0 saturated heterocycles. The first-order chi connectivity index (χ1) is 18.7. The van der Waals surface area contributed by atoms with E-state index in [0.29, 0.717) is 34.1 Å². The van der Waals surface area contributed by atoms with Gasteiger partial charge in [0.1, 0.15) is 5.82 Å². The first-order valence-electron chi connectivity index (χ1n) is 13.2. The van der Waals surface area contributed by atoms with Crippen molar-refractivity contribution in [3.8, 4) is 17.2 Å². The SMILES string of the molecule is COc1cc(Cc2cnc(NC(=O)C(C)(C)C)nc2NC(=O)C(C)(C)C)c(C(=O)/C=C/C2CC2)c(OC)c1OC. The van der Waals surface area contributed by atoms with Gasteiger partial charge in [0.2, 0.25) is 23.5 Å². The van der Waals surface area contributed by atoms with E-state index in [1.165, 1.54) is 27.5 Å². The maximum Gasteiger partial charge on any atom is 0.232 e. The highest BCUT2D eigenvalue weighted by atomic mass is 16.5. The predicted octanol–water partition coefficient (Wildman–Crippen LogP) is 5.21. The Balaban J connectivity index is 2.14. The van der Waals surface area contributed by atoms with Crippen LogP contribution in [0.15, 0.2) is 24.4 Å². The second kappa shape index (κ2) is 12.1. The highest BCUT2D eigenvalue weighted by molar-refractivity contribution is 6.08. The average Bonchev–Trinajstić information content (AvgIpc) is 3.71. The van der Waals surface area contributed by atoms with Gasteiger partial charge in [0.15, 0.2) is 17.3 Å². The van der Waals surface area contributed by atoms with Gasteiger partial charge in [-0.2, -0.15) is 4.98 Å². The average molecular weight is 553 g/mol. The fraction of sp³-hybridized carbons (Fsp3) is 0.500. The topological polar surface area (TPSA) is 129 Å². The highest BCUT2D eigenvalue weighted by Crippen LogP contribution is 2.43. The van der Waals surface area contributed by atoms with Crippen LogP contribution in [0.2, 0.25) is 0 Å². The molecule has 216 valence electrons. The number of ketones is 1. The van der Waals surface area contributed by atoms with Crippen LogP contribution in [0, 0.1) is 16.7 Å². The summed E-state index contributed by atoms with van der Waals surface area (Å²) in [6.07, 6.45) is 7.28. The van der Waals surface area contributed by atoms with Crippen LogP contribution in [0.25, 0.3) is 0 Å². The number of anilines is 2. The molecule has 0 atom stereocenters. The van der Waals surface area contributed by atoms with Gasteiger partial charge in [-0.3, -0.25) is 19.7 Å². The van der Waals surface area contributed by atoms with Crippen LogP contribution in [-0.2, 0) is 16.0 Å². The number of benzene rings is 1. The summed E-state index contributed by atoms with van der Waals surface area (Å²) >= 11 is 0. The molecular formula is C30H40N4O6. The van der Waals surface area contributed by atoms with Gasteiger partial charge in [0.05, 0.1) is 26.9 Å². The molecule has 1 heterocycles. The first-order valence-corrected chi connectivity index (χ1v) is 13.2. The van der Waals surface area contributed by atoms with E-state index in [2.05, 4.69) is 20.6 Å². The smallest absolute Gasteiger partial charge is 0.232 e. The van der Waals surface area contributed by atoms with Crippen molar-refractivity contribution in [3.63, 3.8) is 0 Å². The number of nitrogens with zero attached hydrogens (tertiary/aromatic N) is 2. The number of amides is 2. The Kier molecular flexibility index (Phi) is 9.22. The van der Waals surface area contributed by atoms with Crippen molar-refractivity contribution in [2.24, 2.45) is 16.7 Å². The minimum absolute atomic E-state index is 0.0569. The molecule has 40 heavy (non-hydrogen) atoms. The number of hydrogen-bond acceptors (Lipinski definition) is 8. The molecule has 10 nitrogen and oxygen atoms in total. The third-order valence-corrected chi connectivity index (χ3v) is 6.36. The van der Waals surface area contributed by atoms with Crippen molar-refractivity contribution in [2.45, 2.75) is 60.8 Å². The Bertz CT molecular complexity index is 1320. The van der Waals surface area contributed by atoms with Crippen LogP contribution in [0.4, 0.5) is 11.8 Å². The van der Waals surface area contributed by atoms with Crippen molar-refractivity contribution < 1.29 is 28.6 Å². The van der Waals surface area contributed by atoms with Gasteiger partial charge in [-0.15, -0.1) is 0 Å². The molecule has 0 unspecified atom stereocenters. The lowest BCUT2D eigenvalue weighted by molar-refractivity contribution is -0.123.